The third kappa shape index (κ3) is 5.47. The molecule has 0 bridgehead atoms. The number of carbonyl (C=O) groups is 2. The molecule has 1 aliphatic heterocycles. The molecule has 0 saturated heterocycles. The summed E-state index contributed by atoms with van der Waals surface area (Å²) in [5.74, 6) is -0.545. The fourth-order valence-electron chi connectivity index (χ4n) is 2.78. The standard InChI is InChI=1S/C20H23N3O3S/c1-2-6-18-21-16(14-27-18)13-26-20(25)10-9-19(24)23-12-11-17(22-23)15-7-4-3-5-8-15/h3-5,7-8,14H,2,6,9-13H2,1H3. The van der Waals surface area contributed by atoms with Gasteiger partial charge in [0.25, 0.3) is 0 Å². The number of amides is 1. The van der Waals surface area contributed by atoms with Crippen LogP contribution in [0.25, 0.3) is 0 Å². The molecular weight excluding hydrogens is 362 g/mol. The minimum atomic E-state index is -0.389. The molecule has 1 amide bonds. The van der Waals surface area contributed by atoms with Crippen LogP contribution in [0.1, 0.15) is 48.9 Å². The lowest BCUT2D eigenvalue weighted by Gasteiger charge is -2.10. The maximum absolute atomic E-state index is 12.3. The summed E-state index contributed by atoms with van der Waals surface area (Å²) >= 11 is 1.58. The first kappa shape index (κ1) is 19.2. The van der Waals surface area contributed by atoms with Crippen molar-refractivity contribution in [1.29, 1.82) is 0 Å². The van der Waals surface area contributed by atoms with E-state index in [0.717, 1.165) is 41.2 Å². The number of esters is 1. The van der Waals surface area contributed by atoms with Crippen LogP contribution in [0.5, 0.6) is 0 Å². The van der Waals surface area contributed by atoms with Gasteiger partial charge in [-0.25, -0.2) is 9.99 Å². The smallest absolute Gasteiger partial charge is 0.306 e. The minimum Gasteiger partial charge on any atom is -0.459 e. The van der Waals surface area contributed by atoms with Gasteiger partial charge in [0, 0.05) is 18.2 Å². The van der Waals surface area contributed by atoms with Gasteiger partial charge in [-0.05, 0) is 18.4 Å². The number of hydrogen-bond acceptors (Lipinski definition) is 6. The van der Waals surface area contributed by atoms with Crippen molar-refractivity contribution in [1.82, 2.24) is 9.99 Å². The molecular formula is C20H23N3O3S. The largest absolute Gasteiger partial charge is 0.459 e. The average Bonchev–Trinajstić information content (AvgIpc) is 3.35. The Balaban J connectivity index is 1.42. The maximum atomic E-state index is 12.3. The number of hydrazone groups is 1. The van der Waals surface area contributed by atoms with Crippen LogP contribution in [0, 0.1) is 0 Å². The minimum absolute atomic E-state index is 0.0531. The number of hydrogen-bond donors (Lipinski definition) is 0. The summed E-state index contributed by atoms with van der Waals surface area (Å²) < 4.78 is 5.22. The second kappa shape index (κ2) is 9.41. The predicted molar refractivity (Wildman–Crippen MR) is 104 cm³/mol. The molecule has 27 heavy (non-hydrogen) atoms. The molecule has 1 aromatic carbocycles. The summed E-state index contributed by atoms with van der Waals surface area (Å²) in [4.78, 5) is 28.6. The van der Waals surface area contributed by atoms with Crippen LogP contribution in [0.15, 0.2) is 40.8 Å². The van der Waals surface area contributed by atoms with E-state index in [0.29, 0.717) is 6.54 Å². The summed E-state index contributed by atoms with van der Waals surface area (Å²) in [6, 6.07) is 9.81. The highest BCUT2D eigenvalue weighted by molar-refractivity contribution is 7.09. The quantitative estimate of drug-likeness (QED) is 0.652. The Morgan fingerprint density at radius 2 is 2.04 bits per heavy atom. The van der Waals surface area contributed by atoms with E-state index >= 15 is 0 Å². The topological polar surface area (TPSA) is 71.9 Å². The van der Waals surface area contributed by atoms with Crippen LogP contribution in [0.4, 0.5) is 0 Å². The molecule has 0 radical (unpaired) electrons. The fourth-order valence-corrected chi connectivity index (χ4v) is 3.66. The van der Waals surface area contributed by atoms with Crippen LogP contribution in [-0.2, 0) is 27.4 Å². The van der Waals surface area contributed by atoms with E-state index in [1.165, 1.54) is 5.01 Å². The maximum Gasteiger partial charge on any atom is 0.306 e. The van der Waals surface area contributed by atoms with Crippen molar-refractivity contribution in [3.63, 3.8) is 0 Å². The third-order valence-corrected chi connectivity index (χ3v) is 5.14. The molecule has 6 nitrogen and oxygen atoms in total. The Morgan fingerprint density at radius 3 is 2.81 bits per heavy atom. The Kier molecular flexibility index (Phi) is 6.70. The molecule has 0 unspecified atom stereocenters. The SMILES string of the molecule is CCCc1nc(COC(=O)CCC(=O)N2CCC(c3ccccc3)=N2)cs1. The summed E-state index contributed by atoms with van der Waals surface area (Å²) in [5.41, 5.74) is 2.69. The van der Waals surface area contributed by atoms with Gasteiger partial charge in [0.05, 0.1) is 29.4 Å². The van der Waals surface area contributed by atoms with Gasteiger partial charge >= 0.3 is 5.97 Å². The van der Waals surface area contributed by atoms with Crippen molar-refractivity contribution >= 4 is 28.9 Å². The highest BCUT2D eigenvalue weighted by atomic mass is 32.1. The molecule has 142 valence electrons. The van der Waals surface area contributed by atoms with E-state index in [-0.39, 0.29) is 31.3 Å². The predicted octanol–water partition coefficient (Wildman–Crippen LogP) is 3.56. The molecule has 1 aliphatic rings. The molecule has 1 aromatic heterocycles. The number of thiazole rings is 1. The molecule has 0 spiro atoms. The number of aromatic nitrogens is 1. The van der Waals surface area contributed by atoms with Gasteiger partial charge in [0.2, 0.25) is 5.91 Å². The molecule has 2 aromatic rings. The van der Waals surface area contributed by atoms with Crippen molar-refractivity contribution in [3.8, 4) is 0 Å². The number of aryl methyl sites for hydroxylation is 1. The molecule has 7 heteroatoms. The lowest BCUT2D eigenvalue weighted by molar-refractivity contribution is -0.147. The normalized spacial score (nSPS) is 13.5. The number of rotatable bonds is 8. The summed E-state index contributed by atoms with van der Waals surface area (Å²) in [7, 11) is 0. The van der Waals surface area contributed by atoms with Crippen molar-refractivity contribution in [2.45, 2.75) is 45.6 Å². The number of ether oxygens (including phenoxy) is 1. The van der Waals surface area contributed by atoms with Crippen molar-refractivity contribution in [2.24, 2.45) is 5.10 Å². The van der Waals surface area contributed by atoms with Gasteiger partial charge < -0.3 is 4.74 Å². The molecule has 3 rings (SSSR count). The summed E-state index contributed by atoms with van der Waals surface area (Å²) in [6.45, 7) is 2.82. The van der Waals surface area contributed by atoms with Crippen LogP contribution in [0.3, 0.4) is 0 Å². The molecule has 0 N–H and O–H groups in total. The molecule has 0 saturated carbocycles. The first-order valence-electron chi connectivity index (χ1n) is 9.18. The highest BCUT2D eigenvalue weighted by Crippen LogP contribution is 2.16. The zero-order valence-electron chi connectivity index (χ0n) is 15.4. The Labute approximate surface area is 162 Å². The number of carbonyl (C=O) groups excluding carboxylic acids is 2. The third-order valence-electron chi connectivity index (χ3n) is 4.18. The number of nitrogens with zero attached hydrogens (tertiary/aromatic N) is 3. The van der Waals surface area contributed by atoms with E-state index in [4.69, 9.17) is 4.74 Å². The second-order valence-corrected chi connectivity index (χ2v) is 7.27. The summed E-state index contributed by atoms with van der Waals surface area (Å²) in [6.07, 6.45) is 2.86. The first-order valence-corrected chi connectivity index (χ1v) is 10.1. The van der Waals surface area contributed by atoms with Gasteiger partial charge in [0.1, 0.15) is 6.61 Å². The van der Waals surface area contributed by atoms with E-state index in [1.807, 2.05) is 35.7 Å². The zero-order valence-corrected chi connectivity index (χ0v) is 16.2. The second-order valence-electron chi connectivity index (χ2n) is 6.32. The highest BCUT2D eigenvalue weighted by Gasteiger charge is 2.22. The van der Waals surface area contributed by atoms with E-state index in [9.17, 15) is 9.59 Å². The van der Waals surface area contributed by atoms with Crippen LogP contribution in [-0.4, -0.2) is 34.1 Å². The molecule has 0 fully saturated rings. The van der Waals surface area contributed by atoms with Crippen molar-refractivity contribution in [3.05, 3.63) is 52.0 Å². The first-order chi connectivity index (χ1) is 13.2. The Bertz CT molecular complexity index is 817. The van der Waals surface area contributed by atoms with Crippen LogP contribution < -0.4 is 0 Å². The van der Waals surface area contributed by atoms with Gasteiger partial charge in [-0.3, -0.25) is 9.59 Å². The lowest BCUT2D eigenvalue weighted by Crippen LogP contribution is -2.24. The molecule has 0 atom stereocenters. The van der Waals surface area contributed by atoms with E-state index < -0.39 is 0 Å². The Hall–Kier alpha value is -2.54. The van der Waals surface area contributed by atoms with Gasteiger partial charge in [-0.2, -0.15) is 5.10 Å². The average molecular weight is 385 g/mol. The molecule has 0 aliphatic carbocycles. The van der Waals surface area contributed by atoms with Gasteiger partial charge in [0.15, 0.2) is 0 Å². The lowest BCUT2D eigenvalue weighted by atomic mass is 10.1. The Morgan fingerprint density at radius 1 is 1.22 bits per heavy atom. The monoisotopic (exact) mass is 385 g/mol. The van der Waals surface area contributed by atoms with Gasteiger partial charge in [-0.15, -0.1) is 11.3 Å². The number of benzene rings is 1. The van der Waals surface area contributed by atoms with Gasteiger partial charge in [-0.1, -0.05) is 37.3 Å². The van der Waals surface area contributed by atoms with Crippen LogP contribution >= 0.6 is 11.3 Å². The van der Waals surface area contributed by atoms with E-state index in [1.54, 1.807) is 11.3 Å². The van der Waals surface area contributed by atoms with Crippen molar-refractivity contribution < 1.29 is 14.3 Å². The molecule has 2 heterocycles. The van der Waals surface area contributed by atoms with Crippen molar-refractivity contribution in [2.75, 3.05) is 6.54 Å². The van der Waals surface area contributed by atoms with E-state index in [2.05, 4.69) is 17.0 Å². The van der Waals surface area contributed by atoms with Crippen LogP contribution in [0.2, 0.25) is 0 Å². The summed E-state index contributed by atoms with van der Waals surface area (Å²) in [5, 5.41) is 8.81. The zero-order chi connectivity index (χ0) is 19.1. The fraction of sp³-hybridized carbons (Fsp3) is 0.400.